The number of benzene rings is 1. The van der Waals surface area contributed by atoms with E-state index in [1.165, 1.54) is 62.7 Å². The third kappa shape index (κ3) is 6.35. The van der Waals surface area contributed by atoms with Gasteiger partial charge in [-0.05, 0) is 73.1 Å². The summed E-state index contributed by atoms with van der Waals surface area (Å²) in [6, 6.07) is 6.27. The van der Waals surface area contributed by atoms with Crippen molar-refractivity contribution in [1.82, 2.24) is 0 Å². The van der Waals surface area contributed by atoms with Gasteiger partial charge < -0.3 is 4.74 Å². The van der Waals surface area contributed by atoms with E-state index < -0.39 is 18.3 Å². The van der Waals surface area contributed by atoms with Crippen LogP contribution in [0.3, 0.4) is 0 Å². The number of alkyl halides is 2. The summed E-state index contributed by atoms with van der Waals surface area (Å²) >= 11 is 0. The van der Waals surface area contributed by atoms with Crippen molar-refractivity contribution in [3.63, 3.8) is 0 Å². The summed E-state index contributed by atoms with van der Waals surface area (Å²) in [4.78, 5) is 0. The van der Waals surface area contributed by atoms with Crippen LogP contribution in [0.25, 0.3) is 5.57 Å². The average Bonchev–Trinajstić information content (AvgIpc) is 2.68. The molecule has 2 aliphatic rings. The first kappa shape index (κ1) is 21.9. The molecule has 29 heavy (non-hydrogen) atoms. The molecule has 2 aliphatic carbocycles. The standard InChI is InChI=1S/C24H30F4O/c1-2-3-17-4-6-18(7-5-17)19-8-10-20(11-9-19)21-12-14-22(15-13-21)29-24(27,28)16-23(25)26/h10,12-19H,2-9,11H2,1H3. The van der Waals surface area contributed by atoms with E-state index in [0.29, 0.717) is 0 Å². The fraction of sp³-hybridized carbons (Fsp3) is 0.583. The topological polar surface area (TPSA) is 9.23 Å². The van der Waals surface area contributed by atoms with E-state index in [-0.39, 0.29) is 5.75 Å². The van der Waals surface area contributed by atoms with Gasteiger partial charge >= 0.3 is 6.11 Å². The molecule has 1 fully saturated rings. The number of hydrogen-bond donors (Lipinski definition) is 0. The number of rotatable bonds is 7. The van der Waals surface area contributed by atoms with Crippen LogP contribution in [0.4, 0.5) is 17.6 Å². The lowest BCUT2D eigenvalue weighted by atomic mass is 9.70. The van der Waals surface area contributed by atoms with Crippen LogP contribution in [-0.2, 0) is 0 Å². The van der Waals surface area contributed by atoms with Crippen molar-refractivity contribution in [3.05, 3.63) is 48.1 Å². The second-order valence-electron chi connectivity index (χ2n) is 8.46. The van der Waals surface area contributed by atoms with Crippen molar-refractivity contribution < 1.29 is 22.3 Å². The summed E-state index contributed by atoms with van der Waals surface area (Å²) in [6.45, 7) is 2.27. The van der Waals surface area contributed by atoms with Gasteiger partial charge in [0.05, 0.1) is 6.08 Å². The molecule has 5 heteroatoms. The van der Waals surface area contributed by atoms with Crippen molar-refractivity contribution in [2.45, 2.75) is 70.8 Å². The fourth-order valence-electron chi connectivity index (χ4n) is 4.95. The van der Waals surface area contributed by atoms with E-state index in [1.807, 2.05) is 0 Å². The molecule has 3 rings (SSSR count). The van der Waals surface area contributed by atoms with Crippen LogP contribution in [0.15, 0.2) is 42.5 Å². The molecule has 0 aliphatic heterocycles. The van der Waals surface area contributed by atoms with Gasteiger partial charge in [0.1, 0.15) is 5.75 Å². The highest BCUT2D eigenvalue weighted by Crippen LogP contribution is 2.42. The molecule has 1 aromatic carbocycles. The Bertz CT molecular complexity index is 711. The van der Waals surface area contributed by atoms with E-state index in [0.717, 1.165) is 36.2 Å². The number of ether oxygens (including phenoxy) is 1. The number of halogens is 4. The predicted octanol–water partition coefficient (Wildman–Crippen LogP) is 8.23. The van der Waals surface area contributed by atoms with Crippen LogP contribution < -0.4 is 4.74 Å². The lowest BCUT2D eigenvalue weighted by Crippen LogP contribution is -2.23. The van der Waals surface area contributed by atoms with Crippen LogP contribution in [0.1, 0.15) is 70.3 Å². The maximum atomic E-state index is 13.3. The highest BCUT2D eigenvalue weighted by Gasteiger charge is 2.31. The molecule has 1 atom stereocenters. The minimum atomic E-state index is -4.02. The maximum absolute atomic E-state index is 13.3. The minimum Gasteiger partial charge on any atom is -0.429 e. The third-order valence-corrected chi connectivity index (χ3v) is 6.46. The van der Waals surface area contributed by atoms with Crippen molar-refractivity contribution >= 4 is 5.57 Å². The summed E-state index contributed by atoms with van der Waals surface area (Å²) in [5, 5.41) is 0. The first-order chi connectivity index (χ1) is 13.9. The molecule has 0 aromatic heterocycles. The second kappa shape index (κ2) is 9.82. The summed E-state index contributed by atoms with van der Waals surface area (Å²) in [5.74, 6) is 2.39. The Labute approximate surface area is 170 Å². The maximum Gasteiger partial charge on any atom is 0.425 e. The van der Waals surface area contributed by atoms with Crippen LogP contribution in [-0.4, -0.2) is 6.11 Å². The molecule has 1 saturated carbocycles. The summed E-state index contributed by atoms with van der Waals surface area (Å²) in [7, 11) is 0. The molecule has 0 N–H and O–H groups in total. The van der Waals surface area contributed by atoms with E-state index in [4.69, 9.17) is 0 Å². The Kier molecular flexibility index (Phi) is 7.42. The molecule has 1 aromatic rings. The SMILES string of the molecule is CCCC1CCC(C2CC=C(c3ccc(OC(F)(F)C=C(F)F)cc3)CC2)CC1. The van der Waals surface area contributed by atoms with Gasteiger partial charge in [-0.15, -0.1) is 0 Å². The van der Waals surface area contributed by atoms with Gasteiger partial charge in [-0.1, -0.05) is 50.8 Å². The van der Waals surface area contributed by atoms with Gasteiger partial charge in [-0.2, -0.15) is 17.6 Å². The van der Waals surface area contributed by atoms with Crippen LogP contribution in [0.5, 0.6) is 5.75 Å². The Morgan fingerprint density at radius 1 is 1.03 bits per heavy atom. The summed E-state index contributed by atoms with van der Waals surface area (Å²) < 4.78 is 55.1. The molecule has 0 radical (unpaired) electrons. The Morgan fingerprint density at radius 2 is 1.72 bits per heavy atom. The van der Waals surface area contributed by atoms with Crippen molar-refractivity contribution in [2.75, 3.05) is 0 Å². The normalized spacial score (nSPS) is 25.3. The quantitative estimate of drug-likeness (QED) is 0.411. The Balaban J connectivity index is 1.54. The zero-order chi connectivity index (χ0) is 20.9. The molecule has 1 nitrogen and oxygen atoms in total. The molecule has 160 valence electrons. The zero-order valence-corrected chi connectivity index (χ0v) is 17.0. The fourth-order valence-corrected chi connectivity index (χ4v) is 4.95. The molecular formula is C24H30F4O. The molecule has 0 spiro atoms. The number of hydrogen-bond acceptors (Lipinski definition) is 1. The smallest absolute Gasteiger partial charge is 0.425 e. The first-order valence-electron chi connectivity index (χ1n) is 10.8. The van der Waals surface area contributed by atoms with E-state index >= 15 is 0 Å². The highest BCUT2D eigenvalue weighted by molar-refractivity contribution is 5.66. The molecule has 1 unspecified atom stereocenters. The van der Waals surface area contributed by atoms with E-state index in [2.05, 4.69) is 17.7 Å². The first-order valence-corrected chi connectivity index (χ1v) is 10.8. The van der Waals surface area contributed by atoms with Crippen LogP contribution >= 0.6 is 0 Å². The zero-order valence-electron chi connectivity index (χ0n) is 17.0. The van der Waals surface area contributed by atoms with Gasteiger partial charge in [0, 0.05) is 0 Å². The van der Waals surface area contributed by atoms with Gasteiger partial charge in [-0.25, -0.2) is 0 Å². The molecule has 0 bridgehead atoms. The Morgan fingerprint density at radius 3 is 2.28 bits per heavy atom. The van der Waals surface area contributed by atoms with Crippen LogP contribution in [0, 0.1) is 17.8 Å². The lowest BCUT2D eigenvalue weighted by molar-refractivity contribution is -0.133. The largest absolute Gasteiger partial charge is 0.429 e. The van der Waals surface area contributed by atoms with Crippen molar-refractivity contribution in [3.8, 4) is 5.75 Å². The van der Waals surface area contributed by atoms with Gasteiger partial charge in [0.25, 0.3) is 6.08 Å². The van der Waals surface area contributed by atoms with Crippen molar-refractivity contribution in [1.29, 1.82) is 0 Å². The summed E-state index contributed by atoms with van der Waals surface area (Å²) in [5.41, 5.74) is 2.21. The predicted molar refractivity (Wildman–Crippen MR) is 108 cm³/mol. The van der Waals surface area contributed by atoms with Gasteiger partial charge in [-0.3, -0.25) is 0 Å². The van der Waals surface area contributed by atoms with Gasteiger partial charge in [0.15, 0.2) is 0 Å². The molecular weight excluding hydrogens is 380 g/mol. The highest BCUT2D eigenvalue weighted by atomic mass is 19.3. The van der Waals surface area contributed by atoms with E-state index in [9.17, 15) is 17.6 Å². The minimum absolute atomic E-state index is 0.130. The van der Waals surface area contributed by atoms with E-state index in [1.54, 1.807) is 12.1 Å². The van der Waals surface area contributed by atoms with Gasteiger partial charge in [0.2, 0.25) is 0 Å². The lowest BCUT2D eigenvalue weighted by Gasteiger charge is -2.35. The number of allylic oxidation sites excluding steroid dienone is 2. The summed E-state index contributed by atoms with van der Waals surface area (Å²) in [6.07, 6.45) is 6.67. The van der Waals surface area contributed by atoms with Crippen molar-refractivity contribution in [2.24, 2.45) is 17.8 Å². The van der Waals surface area contributed by atoms with Crippen LogP contribution in [0.2, 0.25) is 0 Å². The molecule has 0 amide bonds. The average molecular weight is 410 g/mol. The molecule has 0 heterocycles. The second-order valence-corrected chi connectivity index (χ2v) is 8.46. The third-order valence-electron chi connectivity index (χ3n) is 6.46. The molecule has 0 saturated heterocycles. The monoisotopic (exact) mass is 410 g/mol. The Hall–Kier alpha value is -1.78.